The number of carbonyl (C=O) groups excluding carboxylic acids is 2. The fourth-order valence-corrected chi connectivity index (χ4v) is 2.96. The molecule has 3 aromatic rings. The summed E-state index contributed by atoms with van der Waals surface area (Å²) >= 11 is 5.97. The van der Waals surface area contributed by atoms with Gasteiger partial charge in [0.2, 0.25) is 11.5 Å². The molecule has 0 unspecified atom stereocenters. The number of hydrogen-bond acceptors (Lipinski definition) is 4. The standard InChI is InChI=1S/C20H17ClO4/c1-11-4-6-15(12(2)8-11)17(22)10-24-20(23)19-13(3)16-9-14(21)5-7-18(16)25-19/h4-9H,10H2,1-3H3. The van der Waals surface area contributed by atoms with Gasteiger partial charge in [-0.3, -0.25) is 4.79 Å². The minimum Gasteiger partial charge on any atom is -0.451 e. The molecule has 25 heavy (non-hydrogen) atoms. The van der Waals surface area contributed by atoms with Crippen LogP contribution >= 0.6 is 11.6 Å². The number of fused-ring (bicyclic) bond motifs is 1. The number of rotatable bonds is 4. The van der Waals surface area contributed by atoms with Gasteiger partial charge in [0.15, 0.2) is 6.61 Å². The summed E-state index contributed by atoms with van der Waals surface area (Å²) in [6, 6.07) is 10.6. The molecule has 0 saturated carbocycles. The lowest BCUT2D eigenvalue weighted by Crippen LogP contribution is -2.15. The fourth-order valence-electron chi connectivity index (χ4n) is 2.79. The van der Waals surface area contributed by atoms with E-state index >= 15 is 0 Å². The van der Waals surface area contributed by atoms with Gasteiger partial charge in [0.1, 0.15) is 5.58 Å². The Morgan fingerprint density at radius 2 is 1.84 bits per heavy atom. The van der Waals surface area contributed by atoms with Crippen LogP contribution in [-0.4, -0.2) is 18.4 Å². The van der Waals surface area contributed by atoms with Gasteiger partial charge in [0.05, 0.1) is 0 Å². The maximum atomic E-state index is 12.3. The number of Topliss-reactive ketones (excluding diaryl/α,β-unsaturated/α-hetero) is 1. The van der Waals surface area contributed by atoms with Gasteiger partial charge in [-0.05, 0) is 44.5 Å². The molecular formula is C20H17ClO4. The van der Waals surface area contributed by atoms with E-state index in [1.165, 1.54) is 0 Å². The van der Waals surface area contributed by atoms with E-state index in [4.69, 9.17) is 20.8 Å². The van der Waals surface area contributed by atoms with Gasteiger partial charge in [-0.1, -0.05) is 35.4 Å². The largest absolute Gasteiger partial charge is 0.451 e. The Labute approximate surface area is 150 Å². The molecule has 0 spiro atoms. The van der Waals surface area contributed by atoms with Gasteiger partial charge in [-0.2, -0.15) is 0 Å². The first-order chi connectivity index (χ1) is 11.9. The molecule has 0 radical (unpaired) electrons. The number of ether oxygens (including phenoxy) is 1. The molecule has 0 amide bonds. The van der Waals surface area contributed by atoms with Crippen molar-refractivity contribution in [1.82, 2.24) is 0 Å². The van der Waals surface area contributed by atoms with Crippen LogP contribution in [0.5, 0.6) is 0 Å². The van der Waals surface area contributed by atoms with Crippen LogP contribution in [0.3, 0.4) is 0 Å². The highest BCUT2D eigenvalue weighted by Gasteiger charge is 2.21. The predicted molar refractivity (Wildman–Crippen MR) is 96.5 cm³/mol. The monoisotopic (exact) mass is 356 g/mol. The molecule has 0 saturated heterocycles. The lowest BCUT2D eigenvalue weighted by atomic mass is 10.0. The lowest BCUT2D eigenvalue weighted by Gasteiger charge is -2.06. The van der Waals surface area contributed by atoms with Crippen LogP contribution in [0.1, 0.15) is 37.6 Å². The maximum Gasteiger partial charge on any atom is 0.375 e. The van der Waals surface area contributed by atoms with Gasteiger partial charge in [0, 0.05) is 21.5 Å². The van der Waals surface area contributed by atoms with Gasteiger partial charge in [-0.25, -0.2) is 4.79 Å². The summed E-state index contributed by atoms with van der Waals surface area (Å²) in [5, 5.41) is 1.31. The summed E-state index contributed by atoms with van der Waals surface area (Å²) in [6.45, 7) is 5.23. The average Bonchev–Trinajstić information content (AvgIpc) is 2.89. The molecule has 3 rings (SSSR count). The van der Waals surface area contributed by atoms with Gasteiger partial charge >= 0.3 is 5.97 Å². The van der Waals surface area contributed by atoms with Crippen molar-refractivity contribution < 1.29 is 18.7 Å². The van der Waals surface area contributed by atoms with Crippen molar-refractivity contribution in [2.45, 2.75) is 20.8 Å². The summed E-state index contributed by atoms with van der Waals surface area (Å²) in [6.07, 6.45) is 0. The second kappa shape index (κ2) is 6.73. The first kappa shape index (κ1) is 17.2. The maximum absolute atomic E-state index is 12.3. The highest BCUT2D eigenvalue weighted by atomic mass is 35.5. The van der Waals surface area contributed by atoms with Crippen LogP contribution in [-0.2, 0) is 4.74 Å². The number of esters is 1. The van der Waals surface area contributed by atoms with Gasteiger partial charge in [0.25, 0.3) is 0 Å². The minimum absolute atomic E-state index is 0.0886. The Morgan fingerprint density at radius 1 is 1.08 bits per heavy atom. The topological polar surface area (TPSA) is 56.5 Å². The number of ketones is 1. The second-order valence-corrected chi connectivity index (χ2v) is 6.45. The normalized spacial score (nSPS) is 10.9. The molecule has 4 nitrogen and oxygen atoms in total. The third-order valence-electron chi connectivity index (χ3n) is 4.10. The second-order valence-electron chi connectivity index (χ2n) is 6.01. The molecule has 0 atom stereocenters. The molecule has 0 bridgehead atoms. The lowest BCUT2D eigenvalue weighted by molar-refractivity contribution is 0.0445. The van der Waals surface area contributed by atoms with Crippen LogP contribution < -0.4 is 0 Å². The van der Waals surface area contributed by atoms with Crippen molar-refractivity contribution >= 4 is 34.3 Å². The number of carbonyl (C=O) groups is 2. The zero-order chi connectivity index (χ0) is 18.1. The molecule has 0 aliphatic carbocycles. The Bertz CT molecular complexity index is 985. The number of benzene rings is 2. The van der Waals surface area contributed by atoms with E-state index in [1.807, 2.05) is 26.0 Å². The molecule has 0 aliphatic heterocycles. The molecule has 0 N–H and O–H groups in total. The molecule has 0 fully saturated rings. The quantitative estimate of drug-likeness (QED) is 0.484. The van der Waals surface area contributed by atoms with E-state index in [0.29, 0.717) is 21.7 Å². The number of hydrogen-bond donors (Lipinski definition) is 0. The predicted octanol–water partition coefficient (Wildman–Crippen LogP) is 5.05. The van der Waals surface area contributed by atoms with Crippen LogP contribution in [0.15, 0.2) is 40.8 Å². The van der Waals surface area contributed by atoms with Crippen LogP contribution in [0.25, 0.3) is 11.0 Å². The van der Waals surface area contributed by atoms with Crippen molar-refractivity contribution in [3.63, 3.8) is 0 Å². The summed E-state index contributed by atoms with van der Waals surface area (Å²) in [4.78, 5) is 24.6. The molecular weight excluding hydrogens is 340 g/mol. The summed E-state index contributed by atoms with van der Waals surface area (Å²) in [5.41, 5.74) is 3.67. The van der Waals surface area contributed by atoms with Crippen molar-refractivity contribution in [1.29, 1.82) is 0 Å². The Hall–Kier alpha value is -2.59. The molecule has 128 valence electrons. The van der Waals surface area contributed by atoms with Gasteiger partial charge < -0.3 is 9.15 Å². The van der Waals surface area contributed by atoms with Crippen LogP contribution in [0, 0.1) is 20.8 Å². The molecule has 2 aromatic carbocycles. The summed E-state index contributed by atoms with van der Waals surface area (Å²) in [7, 11) is 0. The Morgan fingerprint density at radius 3 is 2.56 bits per heavy atom. The Balaban J connectivity index is 1.76. The zero-order valence-electron chi connectivity index (χ0n) is 14.2. The highest BCUT2D eigenvalue weighted by Crippen LogP contribution is 2.28. The molecule has 0 aliphatic rings. The minimum atomic E-state index is -0.664. The van der Waals surface area contributed by atoms with Crippen molar-refractivity contribution in [3.05, 3.63) is 69.4 Å². The van der Waals surface area contributed by atoms with Crippen molar-refractivity contribution in [3.8, 4) is 0 Å². The van der Waals surface area contributed by atoms with Crippen LogP contribution in [0.2, 0.25) is 5.02 Å². The smallest absolute Gasteiger partial charge is 0.375 e. The van der Waals surface area contributed by atoms with E-state index in [1.54, 1.807) is 31.2 Å². The van der Waals surface area contributed by atoms with E-state index in [9.17, 15) is 9.59 Å². The average molecular weight is 357 g/mol. The van der Waals surface area contributed by atoms with Gasteiger partial charge in [-0.15, -0.1) is 0 Å². The van der Waals surface area contributed by atoms with E-state index < -0.39 is 5.97 Å². The number of aryl methyl sites for hydroxylation is 3. The first-order valence-electron chi connectivity index (χ1n) is 7.83. The highest BCUT2D eigenvalue weighted by molar-refractivity contribution is 6.31. The summed E-state index contributed by atoms with van der Waals surface area (Å²) in [5.74, 6) is -0.823. The van der Waals surface area contributed by atoms with Crippen LogP contribution in [0.4, 0.5) is 0 Å². The third-order valence-corrected chi connectivity index (χ3v) is 4.34. The van der Waals surface area contributed by atoms with Crippen molar-refractivity contribution in [2.24, 2.45) is 0 Å². The fraction of sp³-hybridized carbons (Fsp3) is 0.200. The Kier molecular flexibility index (Phi) is 4.64. The first-order valence-corrected chi connectivity index (χ1v) is 8.21. The van der Waals surface area contributed by atoms with E-state index in [2.05, 4.69) is 0 Å². The third kappa shape index (κ3) is 3.44. The zero-order valence-corrected chi connectivity index (χ0v) is 14.9. The van der Waals surface area contributed by atoms with E-state index in [-0.39, 0.29) is 18.2 Å². The van der Waals surface area contributed by atoms with Crippen molar-refractivity contribution in [2.75, 3.05) is 6.61 Å². The summed E-state index contributed by atoms with van der Waals surface area (Å²) < 4.78 is 10.7. The SMILES string of the molecule is Cc1ccc(C(=O)COC(=O)c2oc3ccc(Cl)cc3c2C)c(C)c1. The molecule has 5 heteroatoms. The number of halogens is 1. The van der Waals surface area contributed by atoms with E-state index in [0.717, 1.165) is 16.5 Å². The number of furan rings is 1. The molecule has 1 aromatic heterocycles. The molecule has 1 heterocycles.